The molecule has 0 radical (unpaired) electrons. The molecule has 2 aromatic rings. The third-order valence-corrected chi connectivity index (χ3v) is 3.56. The fourth-order valence-corrected chi connectivity index (χ4v) is 2.29. The summed E-state index contributed by atoms with van der Waals surface area (Å²) in [6, 6.07) is 9.76. The van der Waals surface area contributed by atoms with E-state index in [9.17, 15) is 4.79 Å². The minimum atomic E-state index is -0.813. The van der Waals surface area contributed by atoms with Crippen LogP contribution in [-0.4, -0.2) is 33.5 Å². The van der Waals surface area contributed by atoms with Crippen LogP contribution in [0, 0.1) is 6.92 Å². The summed E-state index contributed by atoms with van der Waals surface area (Å²) in [5.74, 6) is 0.654. The lowest BCUT2D eigenvalue weighted by molar-refractivity contribution is -0.138. The van der Waals surface area contributed by atoms with Crippen molar-refractivity contribution < 1.29 is 14.6 Å². The summed E-state index contributed by atoms with van der Waals surface area (Å²) in [5, 5.41) is 9.01. The summed E-state index contributed by atoms with van der Waals surface area (Å²) < 4.78 is 5.81. The standard InChI is InChI=1S/C18H22N2O3/c1-13(2)20(12-18(21)22)11-15-6-7-17(14(3)9-15)23-16-5-4-8-19-10-16/h4-10,13H,11-12H2,1-3H3,(H,21,22). The van der Waals surface area contributed by atoms with Gasteiger partial charge in [-0.1, -0.05) is 12.1 Å². The number of carbonyl (C=O) groups is 1. The van der Waals surface area contributed by atoms with Crippen molar-refractivity contribution in [3.05, 3.63) is 53.9 Å². The van der Waals surface area contributed by atoms with Crippen LogP contribution in [0.4, 0.5) is 0 Å². The van der Waals surface area contributed by atoms with Crippen molar-refractivity contribution in [2.45, 2.75) is 33.4 Å². The van der Waals surface area contributed by atoms with Gasteiger partial charge in [0.05, 0.1) is 12.7 Å². The zero-order valence-corrected chi connectivity index (χ0v) is 13.7. The van der Waals surface area contributed by atoms with Gasteiger partial charge in [-0.15, -0.1) is 0 Å². The summed E-state index contributed by atoms with van der Waals surface area (Å²) in [6.45, 7) is 6.60. The maximum Gasteiger partial charge on any atom is 0.317 e. The lowest BCUT2D eigenvalue weighted by atomic mass is 10.1. The van der Waals surface area contributed by atoms with Crippen LogP contribution in [0.5, 0.6) is 11.5 Å². The molecule has 0 fully saturated rings. The number of pyridine rings is 1. The van der Waals surface area contributed by atoms with E-state index in [-0.39, 0.29) is 12.6 Å². The predicted octanol–water partition coefficient (Wildman–Crippen LogP) is 3.48. The molecule has 0 unspecified atom stereocenters. The van der Waals surface area contributed by atoms with Crippen molar-refractivity contribution in [2.24, 2.45) is 0 Å². The van der Waals surface area contributed by atoms with Crippen molar-refractivity contribution in [2.75, 3.05) is 6.54 Å². The number of aliphatic carboxylic acids is 1. The highest BCUT2D eigenvalue weighted by Gasteiger charge is 2.14. The number of carboxylic acid groups (broad SMARTS) is 1. The van der Waals surface area contributed by atoms with E-state index in [1.807, 2.05) is 56.0 Å². The Kier molecular flexibility index (Phi) is 5.71. The zero-order chi connectivity index (χ0) is 16.8. The fraction of sp³-hybridized carbons (Fsp3) is 0.333. The first kappa shape index (κ1) is 17.0. The van der Waals surface area contributed by atoms with Crippen LogP contribution in [0.1, 0.15) is 25.0 Å². The van der Waals surface area contributed by atoms with E-state index in [4.69, 9.17) is 9.84 Å². The van der Waals surface area contributed by atoms with Crippen molar-refractivity contribution in [3.8, 4) is 11.5 Å². The molecule has 0 spiro atoms. The molecular formula is C18H22N2O3. The van der Waals surface area contributed by atoms with E-state index >= 15 is 0 Å². The van der Waals surface area contributed by atoms with Gasteiger partial charge in [-0.2, -0.15) is 0 Å². The zero-order valence-electron chi connectivity index (χ0n) is 13.7. The lowest BCUT2D eigenvalue weighted by Gasteiger charge is -2.24. The Morgan fingerprint density at radius 3 is 2.70 bits per heavy atom. The normalized spacial score (nSPS) is 11.0. The Bertz CT molecular complexity index is 657. The molecule has 0 aliphatic rings. The summed E-state index contributed by atoms with van der Waals surface area (Å²) in [4.78, 5) is 16.9. The molecule has 0 saturated carbocycles. The average molecular weight is 314 g/mol. The first-order valence-corrected chi connectivity index (χ1v) is 7.59. The second kappa shape index (κ2) is 7.74. The van der Waals surface area contributed by atoms with Crippen molar-refractivity contribution in [1.29, 1.82) is 0 Å². The lowest BCUT2D eigenvalue weighted by Crippen LogP contribution is -2.35. The van der Waals surface area contributed by atoms with Gasteiger partial charge in [0.2, 0.25) is 0 Å². The molecule has 0 bridgehead atoms. The van der Waals surface area contributed by atoms with Crippen LogP contribution >= 0.6 is 0 Å². The monoisotopic (exact) mass is 314 g/mol. The third-order valence-electron chi connectivity index (χ3n) is 3.56. The number of rotatable bonds is 7. The predicted molar refractivity (Wildman–Crippen MR) is 88.7 cm³/mol. The molecule has 0 aliphatic carbocycles. The van der Waals surface area contributed by atoms with Crippen LogP contribution in [0.2, 0.25) is 0 Å². The molecule has 0 amide bonds. The van der Waals surface area contributed by atoms with E-state index < -0.39 is 5.97 Å². The molecule has 0 atom stereocenters. The number of hydrogen-bond acceptors (Lipinski definition) is 4. The highest BCUT2D eigenvalue weighted by Crippen LogP contribution is 2.25. The second-order valence-electron chi connectivity index (χ2n) is 5.78. The minimum Gasteiger partial charge on any atom is -0.480 e. The molecule has 122 valence electrons. The largest absolute Gasteiger partial charge is 0.480 e. The topological polar surface area (TPSA) is 62.7 Å². The highest BCUT2D eigenvalue weighted by molar-refractivity contribution is 5.69. The average Bonchev–Trinajstić information content (AvgIpc) is 2.50. The van der Waals surface area contributed by atoms with Gasteiger partial charge in [0.1, 0.15) is 11.5 Å². The molecule has 5 nitrogen and oxygen atoms in total. The molecule has 1 heterocycles. The fourth-order valence-electron chi connectivity index (χ4n) is 2.29. The van der Waals surface area contributed by atoms with Gasteiger partial charge in [0, 0.05) is 18.8 Å². The number of carboxylic acids is 1. The minimum absolute atomic E-state index is 0.0324. The molecule has 1 aromatic carbocycles. The summed E-state index contributed by atoms with van der Waals surface area (Å²) in [5.41, 5.74) is 2.07. The molecule has 23 heavy (non-hydrogen) atoms. The van der Waals surface area contributed by atoms with Crippen LogP contribution in [0.3, 0.4) is 0 Å². The first-order chi connectivity index (χ1) is 11.0. The Morgan fingerprint density at radius 2 is 2.13 bits per heavy atom. The number of ether oxygens (including phenoxy) is 1. The van der Waals surface area contributed by atoms with Crippen LogP contribution in [-0.2, 0) is 11.3 Å². The van der Waals surface area contributed by atoms with Crippen LogP contribution < -0.4 is 4.74 Å². The maximum absolute atomic E-state index is 11.0. The third kappa shape index (κ3) is 5.07. The smallest absolute Gasteiger partial charge is 0.317 e. The summed E-state index contributed by atoms with van der Waals surface area (Å²) >= 11 is 0. The van der Waals surface area contributed by atoms with E-state index in [1.54, 1.807) is 12.4 Å². The van der Waals surface area contributed by atoms with E-state index in [0.717, 1.165) is 16.9 Å². The van der Waals surface area contributed by atoms with Gasteiger partial charge in [0.25, 0.3) is 0 Å². The van der Waals surface area contributed by atoms with Crippen molar-refractivity contribution >= 4 is 5.97 Å². The number of benzene rings is 1. The Balaban J connectivity index is 2.10. The molecule has 5 heteroatoms. The van der Waals surface area contributed by atoms with E-state index in [0.29, 0.717) is 12.3 Å². The van der Waals surface area contributed by atoms with Gasteiger partial charge in [-0.05, 0) is 50.1 Å². The van der Waals surface area contributed by atoms with E-state index in [1.165, 1.54) is 0 Å². The van der Waals surface area contributed by atoms with Crippen molar-refractivity contribution in [1.82, 2.24) is 9.88 Å². The highest BCUT2D eigenvalue weighted by atomic mass is 16.5. The number of hydrogen-bond donors (Lipinski definition) is 1. The molecule has 0 saturated heterocycles. The van der Waals surface area contributed by atoms with Gasteiger partial charge in [0.15, 0.2) is 0 Å². The van der Waals surface area contributed by atoms with Gasteiger partial charge < -0.3 is 9.84 Å². The number of nitrogens with zero attached hydrogens (tertiary/aromatic N) is 2. The Labute approximate surface area is 136 Å². The second-order valence-corrected chi connectivity index (χ2v) is 5.78. The number of aromatic nitrogens is 1. The number of aryl methyl sites for hydroxylation is 1. The Morgan fingerprint density at radius 1 is 1.35 bits per heavy atom. The van der Waals surface area contributed by atoms with Crippen molar-refractivity contribution in [3.63, 3.8) is 0 Å². The first-order valence-electron chi connectivity index (χ1n) is 7.59. The summed E-state index contributed by atoms with van der Waals surface area (Å²) in [7, 11) is 0. The molecule has 1 aromatic heterocycles. The molecule has 2 rings (SSSR count). The molecular weight excluding hydrogens is 292 g/mol. The Hall–Kier alpha value is -2.40. The van der Waals surface area contributed by atoms with Crippen LogP contribution in [0.25, 0.3) is 0 Å². The molecule has 1 N–H and O–H groups in total. The van der Waals surface area contributed by atoms with Crippen LogP contribution in [0.15, 0.2) is 42.7 Å². The summed E-state index contributed by atoms with van der Waals surface area (Å²) in [6.07, 6.45) is 3.37. The van der Waals surface area contributed by atoms with Gasteiger partial charge in [-0.3, -0.25) is 14.7 Å². The van der Waals surface area contributed by atoms with Gasteiger partial charge >= 0.3 is 5.97 Å². The van der Waals surface area contributed by atoms with E-state index in [2.05, 4.69) is 4.98 Å². The maximum atomic E-state index is 11.0. The SMILES string of the molecule is Cc1cc(CN(CC(=O)O)C(C)C)ccc1Oc1cccnc1. The quantitative estimate of drug-likeness (QED) is 0.847. The molecule has 0 aliphatic heterocycles. The van der Waals surface area contributed by atoms with Gasteiger partial charge in [-0.25, -0.2) is 0 Å².